The van der Waals surface area contributed by atoms with Gasteiger partial charge in [-0.2, -0.15) is 18.3 Å². The van der Waals surface area contributed by atoms with Crippen molar-refractivity contribution in [2.75, 3.05) is 38.0 Å². The SMILES string of the molecule is Cl.Cn1c(-c2cn(CC3CCC3)nc2C(F)(F)F)cnc1C(=O)Nc1ccc(C(=O)N2CCN(C(=O)C3CCN3)CC2)c(Cl)c1. The summed E-state index contributed by atoms with van der Waals surface area (Å²) in [7, 11) is 1.46. The van der Waals surface area contributed by atoms with E-state index < -0.39 is 17.8 Å². The van der Waals surface area contributed by atoms with Gasteiger partial charge >= 0.3 is 6.18 Å². The highest BCUT2D eigenvalue weighted by molar-refractivity contribution is 6.34. The molecule has 4 heterocycles. The Hall–Kier alpha value is -3.62. The van der Waals surface area contributed by atoms with Gasteiger partial charge in [0.25, 0.3) is 11.8 Å². The molecule has 3 fully saturated rings. The number of amides is 3. The molecule has 0 radical (unpaired) electrons. The Kier molecular flexibility index (Phi) is 9.47. The van der Waals surface area contributed by atoms with E-state index in [2.05, 4.69) is 20.7 Å². The molecule has 16 heteroatoms. The van der Waals surface area contributed by atoms with Crippen LogP contribution in [0.1, 0.15) is 52.4 Å². The normalized spacial score (nSPS) is 18.6. The highest BCUT2D eigenvalue weighted by Gasteiger charge is 2.39. The largest absolute Gasteiger partial charge is 0.435 e. The number of hydrogen-bond acceptors (Lipinski definition) is 6. The van der Waals surface area contributed by atoms with Crippen molar-refractivity contribution in [3.63, 3.8) is 0 Å². The predicted octanol–water partition coefficient (Wildman–Crippen LogP) is 4.08. The molecular weight excluding hydrogens is 636 g/mol. The summed E-state index contributed by atoms with van der Waals surface area (Å²) < 4.78 is 44.2. The van der Waals surface area contributed by atoms with Crippen LogP contribution in [-0.2, 0) is 24.6 Å². The molecule has 1 saturated carbocycles. The molecule has 2 aliphatic heterocycles. The number of nitrogens with one attached hydrogen (secondary N) is 2. The Labute approximate surface area is 268 Å². The first kappa shape index (κ1) is 32.8. The number of carbonyl (C=O) groups is 3. The Morgan fingerprint density at radius 3 is 2.36 bits per heavy atom. The van der Waals surface area contributed by atoms with Gasteiger partial charge in [-0.25, -0.2) is 4.98 Å². The number of imidazole rings is 1. The van der Waals surface area contributed by atoms with Crippen LogP contribution in [0.3, 0.4) is 0 Å². The third kappa shape index (κ3) is 6.68. The van der Waals surface area contributed by atoms with Gasteiger partial charge in [0.2, 0.25) is 5.91 Å². The van der Waals surface area contributed by atoms with E-state index in [0.29, 0.717) is 38.6 Å². The van der Waals surface area contributed by atoms with Crippen LogP contribution in [0.25, 0.3) is 11.3 Å². The molecule has 1 aromatic carbocycles. The van der Waals surface area contributed by atoms with Crippen molar-refractivity contribution in [3.8, 4) is 11.3 Å². The van der Waals surface area contributed by atoms with Crippen LogP contribution in [-0.4, -0.2) is 85.6 Å². The summed E-state index contributed by atoms with van der Waals surface area (Å²) in [6, 6.07) is 4.33. The summed E-state index contributed by atoms with van der Waals surface area (Å²) >= 11 is 6.44. The maximum atomic E-state index is 13.9. The Morgan fingerprint density at radius 2 is 1.78 bits per heavy atom. The molecule has 242 valence electrons. The number of alkyl halides is 3. The van der Waals surface area contributed by atoms with Crippen molar-refractivity contribution in [1.82, 2.24) is 34.4 Å². The van der Waals surface area contributed by atoms with Crippen LogP contribution in [0.4, 0.5) is 18.9 Å². The summed E-state index contributed by atoms with van der Waals surface area (Å²) in [5.74, 6) is -0.692. The lowest BCUT2D eigenvalue weighted by Crippen LogP contribution is -2.58. The van der Waals surface area contributed by atoms with Crippen LogP contribution in [0.15, 0.2) is 30.6 Å². The van der Waals surface area contributed by atoms with Gasteiger partial charge < -0.3 is 25.0 Å². The smallest absolute Gasteiger partial charge is 0.338 e. The number of rotatable bonds is 7. The maximum absolute atomic E-state index is 13.9. The fourth-order valence-electron chi connectivity index (χ4n) is 5.70. The first-order valence-electron chi connectivity index (χ1n) is 14.6. The Balaban J connectivity index is 0.00000400. The van der Waals surface area contributed by atoms with Gasteiger partial charge in [0.05, 0.1) is 34.1 Å². The van der Waals surface area contributed by atoms with E-state index in [9.17, 15) is 27.6 Å². The molecule has 1 atom stereocenters. The fourth-order valence-corrected chi connectivity index (χ4v) is 5.96. The zero-order chi connectivity index (χ0) is 31.2. The molecule has 3 amide bonds. The minimum atomic E-state index is -4.68. The molecule has 3 aromatic rings. The quantitative estimate of drug-likeness (QED) is 0.392. The third-order valence-corrected chi connectivity index (χ3v) is 8.94. The van der Waals surface area contributed by atoms with Crippen molar-refractivity contribution in [2.45, 2.75) is 44.4 Å². The second-order valence-corrected chi connectivity index (χ2v) is 11.9. The standard InChI is InChI=1S/C29H32ClF3N8O3.ClH/c1-38-23(20-16-41(15-17-3-2-4-17)37-24(20)29(31,32)33)14-35-25(38)26(42)36-18-5-6-19(21(30)13-18)27(43)39-9-11-40(12-10-39)28(44)22-7-8-34-22;/h5-6,13-14,16-17,22,34H,2-4,7-12,15H2,1H3,(H,36,42);1H. The van der Waals surface area contributed by atoms with E-state index in [1.54, 1.807) is 9.80 Å². The molecule has 2 N–H and O–H groups in total. The lowest BCUT2D eigenvalue weighted by atomic mass is 9.85. The topological polar surface area (TPSA) is 117 Å². The molecule has 11 nitrogen and oxygen atoms in total. The maximum Gasteiger partial charge on any atom is 0.435 e. The van der Waals surface area contributed by atoms with Gasteiger partial charge in [-0.15, -0.1) is 12.4 Å². The molecule has 2 saturated heterocycles. The van der Waals surface area contributed by atoms with E-state index in [1.165, 1.54) is 46.9 Å². The number of benzene rings is 1. The van der Waals surface area contributed by atoms with Crippen molar-refractivity contribution in [1.29, 1.82) is 0 Å². The lowest BCUT2D eigenvalue weighted by molar-refractivity contribution is -0.141. The summed E-state index contributed by atoms with van der Waals surface area (Å²) in [6.45, 7) is 2.87. The van der Waals surface area contributed by atoms with Crippen LogP contribution < -0.4 is 10.6 Å². The highest BCUT2D eigenvalue weighted by atomic mass is 35.5. The molecule has 6 rings (SSSR count). The number of halogens is 5. The average molecular weight is 670 g/mol. The average Bonchev–Trinajstić information content (AvgIpc) is 3.53. The molecule has 1 aliphatic carbocycles. The van der Waals surface area contributed by atoms with Crippen molar-refractivity contribution >= 4 is 47.4 Å². The first-order chi connectivity index (χ1) is 21.0. The number of hydrogen-bond donors (Lipinski definition) is 2. The predicted molar refractivity (Wildman–Crippen MR) is 162 cm³/mol. The second-order valence-electron chi connectivity index (χ2n) is 11.5. The van der Waals surface area contributed by atoms with Gasteiger partial charge in [-0.1, -0.05) is 18.0 Å². The van der Waals surface area contributed by atoms with E-state index in [4.69, 9.17) is 11.6 Å². The molecule has 3 aliphatic rings. The van der Waals surface area contributed by atoms with Gasteiger partial charge in [0.15, 0.2) is 11.5 Å². The van der Waals surface area contributed by atoms with E-state index >= 15 is 0 Å². The molecule has 0 bridgehead atoms. The Bertz CT molecular complexity index is 1590. The van der Waals surface area contributed by atoms with E-state index in [0.717, 1.165) is 32.2 Å². The van der Waals surface area contributed by atoms with Gasteiger partial charge in [-0.3, -0.25) is 19.1 Å². The lowest BCUT2D eigenvalue weighted by Gasteiger charge is -2.38. The molecule has 45 heavy (non-hydrogen) atoms. The third-order valence-electron chi connectivity index (χ3n) is 8.63. The van der Waals surface area contributed by atoms with Crippen LogP contribution in [0, 0.1) is 5.92 Å². The summed E-state index contributed by atoms with van der Waals surface area (Å²) in [4.78, 5) is 46.2. The zero-order valence-electron chi connectivity index (χ0n) is 24.4. The number of aromatic nitrogens is 4. The minimum Gasteiger partial charge on any atom is -0.338 e. The number of anilines is 1. The van der Waals surface area contributed by atoms with Gasteiger partial charge in [0, 0.05) is 51.7 Å². The summed E-state index contributed by atoms with van der Waals surface area (Å²) in [6.07, 6.45) is 1.71. The minimum absolute atomic E-state index is 0. The van der Waals surface area contributed by atoms with Gasteiger partial charge in [0.1, 0.15) is 0 Å². The van der Waals surface area contributed by atoms with Crippen LogP contribution in [0.5, 0.6) is 0 Å². The fraction of sp³-hybridized carbons (Fsp3) is 0.483. The summed E-state index contributed by atoms with van der Waals surface area (Å²) in [5, 5.41) is 9.70. The van der Waals surface area contributed by atoms with Crippen LogP contribution in [0.2, 0.25) is 5.02 Å². The monoisotopic (exact) mass is 668 g/mol. The second kappa shape index (κ2) is 13.0. The first-order valence-corrected chi connectivity index (χ1v) is 15.0. The van der Waals surface area contributed by atoms with Crippen molar-refractivity contribution in [3.05, 3.63) is 52.7 Å². The number of carbonyl (C=O) groups excluding carboxylic acids is 3. The zero-order valence-corrected chi connectivity index (χ0v) is 26.0. The van der Waals surface area contributed by atoms with E-state index in [1.807, 2.05) is 0 Å². The van der Waals surface area contributed by atoms with E-state index in [-0.39, 0.29) is 63.6 Å². The molecular formula is C29H33Cl2F3N8O3. The number of nitrogens with zero attached hydrogens (tertiary/aromatic N) is 6. The van der Waals surface area contributed by atoms with Crippen LogP contribution >= 0.6 is 24.0 Å². The van der Waals surface area contributed by atoms with Gasteiger partial charge in [-0.05, 0) is 49.9 Å². The summed E-state index contributed by atoms with van der Waals surface area (Å²) in [5.41, 5.74) is -0.535. The number of piperazine rings is 1. The highest BCUT2D eigenvalue weighted by Crippen LogP contribution is 2.37. The Morgan fingerprint density at radius 1 is 1.09 bits per heavy atom. The molecule has 2 aromatic heterocycles. The molecule has 0 spiro atoms. The van der Waals surface area contributed by atoms with Crippen molar-refractivity contribution in [2.24, 2.45) is 13.0 Å². The van der Waals surface area contributed by atoms with Crippen molar-refractivity contribution < 1.29 is 27.6 Å². The molecule has 1 unspecified atom stereocenters.